The van der Waals surface area contributed by atoms with Crippen LogP contribution >= 0.6 is 0 Å². The van der Waals surface area contributed by atoms with Gasteiger partial charge in [0.05, 0.1) is 0 Å². The van der Waals surface area contributed by atoms with Crippen molar-refractivity contribution in [1.82, 2.24) is 0 Å². The van der Waals surface area contributed by atoms with E-state index in [4.69, 9.17) is 9.47 Å². The van der Waals surface area contributed by atoms with Crippen molar-refractivity contribution in [3.8, 4) is 0 Å². The Morgan fingerprint density at radius 1 is 0.375 bits per heavy atom. The van der Waals surface area contributed by atoms with Crippen molar-refractivity contribution >= 4 is 53.7 Å². The van der Waals surface area contributed by atoms with E-state index < -0.39 is 0 Å². The molecule has 2 heterocycles. The van der Waals surface area contributed by atoms with Gasteiger partial charge in [0.25, 0.3) is 0 Å². The summed E-state index contributed by atoms with van der Waals surface area (Å²) in [7, 11) is -1.58. The third-order valence-corrected chi connectivity index (χ3v) is 13.7. The van der Waals surface area contributed by atoms with Gasteiger partial charge in [-0.15, -0.1) is 0 Å². The fraction of sp³-hybridized carbons (Fsp3) is 1.00. The van der Waals surface area contributed by atoms with Crippen LogP contribution in [-0.2, 0) is 9.47 Å². The molecule has 2 fully saturated rings. The van der Waals surface area contributed by atoms with E-state index in [9.17, 15) is 0 Å². The van der Waals surface area contributed by atoms with Crippen LogP contribution in [0.4, 0.5) is 0 Å². The molecule has 0 aliphatic carbocycles. The summed E-state index contributed by atoms with van der Waals surface area (Å²) in [6.07, 6.45) is 5.11. The zero-order chi connectivity index (χ0) is 24.7. The molecule has 0 spiro atoms. The van der Waals surface area contributed by atoms with E-state index in [1.165, 1.54) is 25.7 Å². The van der Waals surface area contributed by atoms with Crippen LogP contribution in [0.3, 0.4) is 0 Å². The molecule has 2 saturated heterocycles. The molecule has 2 rings (SSSR count). The quantitative estimate of drug-likeness (QED) is 0.275. The minimum absolute atomic E-state index is 0. The predicted octanol–water partition coefficient (Wildman–Crippen LogP) is 7.18. The molecule has 0 unspecified atom stereocenters. The van der Waals surface area contributed by atoms with Gasteiger partial charge < -0.3 is 23.4 Å². The molecule has 2 aliphatic rings. The Balaban J connectivity index is -0.000000153. The molecule has 12 heteroatoms. The van der Waals surface area contributed by atoms with E-state index >= 15 is 0 Å². The van der Waals surface area contributed by atoms with Gasteiger partial charge in [0.15, 0.2) is 0 Å². The molecule has 0 aromatic rings. The van der Waals surface area contributed by atoms with Crippen LogP contribution in [0, 0.1) is 36.9 Å². The zero-order valence-electron chi connectivity index (χ0n) is 23.1. The first-order valence-electron chi connectivity index (χ1n) is 11.5. The molecular formula is C20H52LuN3O2Si6. The molecule has 0 N–H and O–H groups in total. The summed E-state index contributed by atoms with van der Waals surface area (Å²) >= 11 is 0. The normalized spacial score (nSPS) is 14.8. The molecule has 32 heavy (non-hydrogen) atoms. The summed E-state index contributed by atoms with van der Waals surface area (Å²) in [5.74, 6) is 0. The second-order valence-corrected chi connectivity index (χ2v) is 22.7. The average Bonchev–Trinajstić information content (AvgIpc) is 3.32. The van der Waals surface area contributed by atoms with Crippen molar-refractivity contribution < 1.29 is 46.3 Å². The SMILES string of the molecule is C1CCOC1.C1CCOC1.C[Si](C)[N-][Si](C)C.C[Si](C)[N-][Si](C)C.C[Si](C)[N-][Si](C)C.[Lu+3]. The summed E-state index contributed by atoms with van der Waals surface area (Å²) in [4.78, 5) is 0. The molecule has 0 saturated carbocycles. The smallest absolute Gasteiger partial charge is 0.673 e. The predicted molar refractivity (Wildman–Crippen MR) is 155 cm³/mol. The maximum absolute atomic E-state index is 4.94. The van der Waals surface area contributed by atoms with E-state index in [1.807, 2.05) is 0 Å². The number of ether oxygens (including phenoxy) is 2. The maximum Gasteiger partial charge on any atom is 3.00 e. The summed E-state index contributed by atoms with van der Waals surface area (Å²) in [6.45, 7) is 30.7. The molecule has 0 amide bonds. The first kappa shape index (κ1) is 41.5. The number of hydrogen-bond acceptors (Lipinski definition) is 2. The van der Waals surface area contributed by atoms with Crippen molar-refractivity contribution in [1.29, 1.82) is 0 Å². The van der Waals surface area contributed by atoms with Crippen LogP contribution in [0.5, 0.6) is 0 Å². The van der Waals surface area contributed by atoms with Gasteiger partial charge in [0, 0.05) is 26.4 Å². The van der Waals surface area contributed by atoms with Gasteiger partial charge in [0.2, 0.25) is 0 Å². The second kappa shape index (κ2) is 31.4. The van der Waals surface area contributed by atoms with Crippen LogP contribution < -0.4 is 0 Å². The van der Waals surface area contributed by atoms with Crippen molar-refractivity contribution in [2.24, 2.45) is 0 Å². The molecule has 5 nitrogen and oxygen atoms in total. The standard InChI is InChI=1S/3C4H12NSi2.2C4H8O.Lu/c3*1-6(2)5-7(3)4;2*1-2-4-5-3-1;/h3*1-4H3;2*1-4H2;/q3*-1;;;+3. The van der Waals surface area contributed by atoms with Crippen molar-refractivity contribution in [2.45, 2.75) is 104 Å². The summed E-state index contributed by atoms with van der Waals surface area (Å²) < 4.78 is 23.3. The maximum atomic E-state index is 4.94. The Hall–Kier alpha value is 2.34. The van der Waals surface area contributed by atoms with Gasteiger partial charge in [-0.1, -0.05) is 132 Å². The fourth-order valence-corrected chi connectivity index (χ4v) is 13.1. The van der Waals surface area contributed by atoms with E-state index in [1.54, 1.807) is 0 Å². The van der Waals surface area contributed by atoms with Crippen molar-refractivity contribution in [3.05, 3.63) is 13.9 Å². The Morgan fingerprint density at radius 3 is 0.562 bits per heavy atom. The Labute approximate surface area is 242 Å². The third-order valence-electron chi connectivity index (χ3n) is 3.00. The van der Waals surface area contributed by atoms with E-state index in [0.717, 1.165) is 26.4 Å². The molecule has 6 radical (unpaired) electrons. The second-order valence-electron chi connectivity index (χ2n) is 8.66. The van der Waals surface area contributed by atoms with E-state index in [2.05, 4.69) is 92.5 Å². The summed E-state index contributed by atoms with van der Waals surface area (Å²) in [5.41, 5.74) is 0. The molecule has 0 aromatic carbocycles. The van der Waals surface area contributed by atoms with Gasteiger partial charge in [0.1, 0.15) is 0 Å². The first-order chi connectivity index (χ1) is 14.4. The monoisotopic (exact) mass is 709 g/mol. The summed E-state index contributed by atoms with van der Waals surface area (Å²) in [6, 6.07) is 0. The number of nitrogens with zero attached hydrogens (tertiary/aromatic N) is 3. The molecule has 2 aliphatic heterocycles. The topological polar surface area (TPSA) is 60.8 Å². The third kappa shape index (κ3) is 53.6. The molecule has 198 valence electrons. The molecule has 0 atom stereocenters. The molecule has 0 bridgehead atoms. The fourth-order valence-electron chi connectivity index (χ4n) is 2.36. The largest absolute Gasteiger partial charge is 3.00 e. The van der Waals surface area contributed by atoms with Crippen molar-refractivity contribution in [2.75, 3.05) is 26.4 Å². The Morgan fingerprint density at radius 2 is 0.531 bits per heavy atom. The van der Waals surface area contributed by atoms with Crippen LogP contribution in [-0.4, -0.2) is 80.2 Å². The Bertz CT molecular complexity index is 262. The van der Waals surface area contributed by atoms with E-state index in [0.29, 0.717) is 0 Å². The van der Waals surface area contributed by atoms with Gasteiger partial charge in [-0.05, 0) is 25.7 Å². The molecular weight excluding hydrogens is 658 g/mol. The van der Waals surface area contributed by atoms with Crippen LogP contribution in [0.2, 0.25) is 78.6 Å². The average molecular weight is 710 g/mol. The minimum atomic E-state index is -0.264. The van der Waals surface area contributed by atoms with Crippen LogP contribution in [0.25, 0.3) is 13.9 Å². The van der Waals surface area contributed by atoms with Gasteiger partial charge in [-0.3, -0.25) is 0 Å². The number of hydrogen-bond donors (Lipinski definition) is 0. The van der Waals surface area contributed by atoms with Crippen LogP contribution in [0.1, 0.15) is 25.7 Å². The minimum Gasteiger partial charge on any atom is -0.673 e. The Kier molecular flexibility index (Phi) is 40.6. The zero-order valence-corrected chi connectivity index (χ0v) is 30.7. The molecule has 0 aromatic heterocycles. The van der Waals surface area contributed by atoms with Gasteiger partial charge >= 0.3 is 36.9 Å². The van der Waals surface area contributed by atoms with Gasteiger partial charge in [-0.25, -0.2) is 0 Å². The summed E-state index contributed by atoms with van der Waals surface area (Å²) in [5, 5.41) is 0. The number of rotatable bonds is 6. The van der Waals surface area contributed by atoms with Gasteiger partial charge in [-0.2, -0.15) is 0 Å². The first-order valence-corrected chi connectivity index (χ1v) is 26.2. The van der Waals surface area contributed by atoms with E-state index in [-0.39, 0.29) is 90.6 Å². The van der Waals surface area contributed by atoms with Crippen molar-refractivity contribution in [3.63, 3.8) is 0 Å². The van der Waals surface area contributed by atoms with Crippen LogP contribution in [0.15, 0.2) is 0 Å².